The van der Waals surface area contributed by atoms with E-state index < -0.39 is 20.0 Å². The lowest BCUT2D eigenvalue weighted by Crippen LogP contribution is -2.47. The maximum atomic E-state index is 13.5. The Morgan fingerprint density at radius 2 is 0.877 bits per heavy atom. The van der Waals surface area contributed by atoms with Gasteiger partial charge >= 0.3 is 13.8 Å². The number of carbonyl (C=O) groups excluding carboxylic acids is 2. The van der Waals surface area contributed by atoms with E-state index in [1.165, 1.54) is 109 Å². The fourth-order valence-corrected chi connectivity index (χ4v) is 8.97. The molecule has 2 N–H and O–H groups in total. The summed E-state index contributed by atoms with van der Waals surface area (Å²) in [5, 5.41) is 3.04. The molecule has 3 atom stereocenters. The van der Waals surface area contributed by atoms with Gasteiger partial charge in [-0.2, -0.15) is 0 Å². The molecule has 10 heteroatoms. The zero-order valence-electron chi connectivity index (χ0n) is 48.1. The summed E-state index contributed by atoms with van der Waals surface area (Å²) < 4.78 is 30.6. The number of likely N-dealkylation sites (N-methyl/N-ethyl adjacent to an activating group) is 1. The van der Waals surface area contributed by atoms with Crippen LogP contribution in [0.5, 0.6) is 0 Å². The molecule has 0 spiro atoms. The Balaban J connectivity index is 5.29. The van der Waals surface area contributed by atoms with Crippen LogP contribution in [0, 0.1) is 0 Å². The number of nitrogens with zero attached hydrogens (tertiary/aromatic N) is 1. The molecule has 0 saturated heterocycles. The minimum Gasteiger partial charge on any atom is -0.456 e. The van der Waals surface area contributed by atoms with Crippen molar-refractivity contribution in [1.82, 2.24) is 5.32 Å². The number of rotatable bonds is 53. The third-order valence-corrected chi connectivity index (χ3v) is 13.8. The minimum absolute atomic E-state index is 0.0324. The summed E-state index contributed by atoms with van der Waals surface area (Å²) >= 11 is 0. The highest BCUT2D eigenvalue weighted by molar-refractivity contribution is 7.47. The molecule has 73 heavy (non-hydrogen) atoms. The van der Waals surface area contributed by atoms with Gasteiger partial charge in [0.15, 0.2) is 0 Å². The van der Waals surface area contributed by atoms with Crippen LogP contribution in [-0.4, -0.2) is 74.3 Å². The van der Waals surface area contributed by atoms with Gasteiger partial charge in [-0.05, 0) is 83.1 Å². The highest BCUT2D eigenvalue weighted by atomic mass is 31.2. The summed E-state index contributed by atoms with van der Waals surface area (Å²) in [4.78, 5) is 37.6. The van der Waals surface area contributed by atoms with Gasteiger partial charge < -0.3 is 19.4 Å². The van der Waals surface area contributed by atoms with Crippen molar-refractivity contribution in [3.05, 3.63) is 85.1 Å². The Bertz CT molecular complexity index is 1530. The number of amides is 1. The molecule has 0 radical (unpaired) electrons. The van der Waals surface area contributed by atoms with Crippen molar-refractivity contribution in [2.24, 2.45) is 0 Å². The number of ether oxygens (including phenoxy) is 1. The third kappa shape index (κ3) is 53.8. The number of nitrogens with one attached hydrogen (secondary N) is 1. The molecule has 0 aliphatic carbocycles. The fraction of sp³-hybridized carbons (Fsp3) is 0.746. The van der Waals surface area contributed by atoms with Crippen LogP contribution >= 0.6 is 7.82 Å². The molecule has 0 saturated carbocycles. The summed E-state index contributed by atoms with van der Waals surface area (Å²) in [6.07, 6.45) is 68.6. The van der Waals surface area contributed by atoms with E-state index in [1.807, 2.05) is 33.3 Å². The van der Waals surface area contributed by atoms with Crippen LogP contribution in [0.4, 0.5) is 0 Å². The topological polar surface area (TPSA) is 111 Å². The lowest BCUT2D eigenvalue weighted by atomic mass is 10.0. The second-order valence-electron chi connectivity index (χ2n) is 21.1. The number of esters is 1. The lowest BCUT2D eigenvalue weighted by Gasteiger charge is -2.27. The zero-order valence-corrected chi connectivity index (χ0v) is 49.0. The molecule has 3 unspecified atom stereocenters. The lowest BCUT2D eigenvalue weighted by molar-refractivity contribution is -0.870. The Kier molecular flexibility index (Phi) is 50.6. The van der Waals surface area contributed by atoms with E-state index in [2.05, 4.69) is 99.0 Å². The van der Waals surface area contributed by atoms with Gasteiger partial charge in [-0.1, -0.05) is 241 Å². The first-order valence-corrected chi connectivity index (χ1v) is 31.4. The maximum Gasteiger partial charge on any atom is 0.472 e. The molecule has 0 aliphatic rings. The second kappa shape index (κ2) is 52.6. The third-order valence-electron chi connectivity index (χ3n) is 12.8. The Hall–Kier alpha value is -2.81. The first-order valence-electron chi connectivity index (χ1n) is 29.9. The van der Waals surface area contributed by atoms with Gasteiger partial charge in [0, 0.05) is 12.8 Å². The number of phosphoric ester groups is 1. The monoisotopic (exact) mass is 1040 g/mol. The van der Waals surface area contributed by atoms with Crippen molar-refractivity contribution in [2.75, 3.05) is 40.9 Å². The van der Waals surface area contributed by atoms with E-state index in [4.69, 9.17) is 13.8 Å². The molecule has 0 aromatic rings. The number of phosphoric acid groups is 1. The number of hydrogen-bond donors (Lipinski definition) is 2. The van der Waals surface area contributed by atoms with Crippen molar-refractivity contribution in [1.29, 1.82) is 0 Å². The quantitative estimate of drug-likeness (QED) is 0.0205. The van der Waals surface area contributed by atoms with Crippen LogP contribution in [-0.2, 0) is 27.9 Å². The zero-order chi connectivity index (χ0) is 53.6. The summed E-state index contributed by atoms with van der Waals surface area (Å²) in [6.45, 7) is 6.87. The molecular formula is C63H114N2O7P+. The highest BCUT2D eigenvalue weighted by Crippen LogP contribution is 2.43. The van der Waals surface area contributed by atoms with Gasteiger partial charge in [-0.3, -0.25) is 18.6 Å². The van der Waals surface area contributed by atoms with E-state index >= 15 is 0 Å². The van der Waals surface area contributed by atoms with Crippen LogP contribution < -0.4 is 5.32 Å². The van der Waals surface area contributed by atoms with E-state index in [0.29, 0.717) is 23.9 Å². The van der Waals surface area contributed by atoms with Crippen LogP contribution in [0.25, 0.3) is 0 Å². The molecule has 0 bridgehead atoms. The Morgan fingerprint density at radius 3 is 1.32 bits per heavy atom. The summed E-state index contributed by atoms with van der Waals surface area (Å²) in [5.74, 6) is -0.535. The van der Waals surface area contributed by atoms with Crippen LogP contribution in [0.1, 0.15) is 252 Å². The molecule has 422 valence electrons. The van der Waals surface area contributed by atoms with E-state index in [1.54, 1.807) is 0 Å². The van der Waals surface area contributed by atoms with Crippen LogP contribution in [0.15, 0.2) is 85.1 Å². The van der Waals surface area contributed by atoms with Gasteiger partial charge in [0.25, 0.3) is 0 Å². The van der Waals surface area contributed by atoms with Crippen LogP contribution in [0.3, 0.4) is 0 Å². The summed E-state index contributed by atoms with van der Waals surface area (Å²) in [7, 11) is 1.47. The fourth-order valence-electron chi connectivity index (χ4n) is 8.24. The number of allylic oxidation sites excluding steroid dienone is 13. The normalized spacial score (nSPS) is 14.3. The predicted octanol–water partition coefficient (Wildman–Crippen LogP) is 18.2. The largest absolute Gasteiger partial charge is 0.472 e. The molecule has 0 heterocycles. The minimum atomic E-state index is -4.45. The standard InChI is InChI=1S/C63H113N2O7P/c1-7-10-13-16-19-22-25-27-28-29-30-31-32-33-34-35-36-38-41-43-46-49-52-55-62(66)64-60(59-71-73(68,69)70-58-57-65(4,5)6)61(54-51-48-45-42-40-37-26-23-20-17-14-11-8-2)72-63(67)56-53-50-47-44-39-24-21-18-15-12-9-3/h10,13,19,22,27-28,30-31,33-34,36,38,51,54,60-61H,7-9,11-12,14-18,20-21,23-26,29,32,35,37,39-50,52-53,55-59H2,1-6H3,(H-,64,66,68,69)/p+1/b13-10-,22-19-,28-27-,31-30-,34-33-,38-36-,54-51+. The van der Waals surface area contributed by atoms with Crippen molar-refractivity contribution in [2.45, 2.75) is 264 Å². The van der Waals surface area contributed by atoms with Crippen molar-refractivity contribution in [3.63, 3.8) is 0 Å². The molecule has 0 aliphatic heterocycles. The van der Waals surface area contributed by atoms with Gasteiger partial charge in [0.2, 0.25) is 5.91 Å². The first-order chi connectivity index (χ1) is 35.4. The van der Waals surface area contributed by atoms with Gasteiger partial charge in [0.1, 0.15) is 19.3 Å². The number of unbranched alkanes of at least 4 members (excludes halogenated alkanes) is 25. The first kappa shape index (κ1) is 70.2. The van der Waals surface area contributed by atoms with E-state index in [9.17, 15) is 19.0 Å². The van der Waals surface area contributed by atoms with Crippen molar-refractivity contribution in [3.8, 4) is 0 Å². The van der Waals surface area contributed by atoms with Crippen LogP contribution in [0.2, 0.25) is 0 Å². The molecule has 0 fully saturated rings. The molecule has 0 rings (SSSR count). The summed E-state index contributed by atoms with van der Waals surface area (Å²) in [6, 6.07) is -0.863. The summed E-state index contributed by atoms with van der Waals surface area (Å²) in [5.41, 5.74) is 0. The number of carbonyl (C=O) groups is 2. The molecule has 9 nitrogen and oxygen atoms in total. The Morgan fingerprint density at radius 1 is 0.493 bits per heavy atom. The average Bonchev–Trinajstić information content (AvgIpc) is 3.35. The number of hydrogen-bond acceptors (Lipinski definition) is 6. The van der Waals surface area contributed by atoms with Gasteiger partial charge in [-0.25, -0.2) is 4.57 Å². The molecule has 0 aromatic carbocycles. The van der Waals surface area contributed by atoms with Gasteiger partial charge in [-0.15, -0.1) is 0 Å². The maximum absolute atomic E-state index is 13.5. The average molecular weight is 1040 g/mol. The van der Waals surface area contributed by atoms with E-state index in [-0.39, 0.29) is 31.5 Å². The second-order valence-corrected chi connectivity index (χ2v) is 22.6. The Labute approximate surface area is 450 Å². The van der Waals surface area contributed by atoms with Crippen molar-refractivity contribution < 1.29 is 37.3 Å². The number of quaternary nitrogens is 1. The van der Waals surface area contributed by atoms with Gasteiger partial charge in [0.05, 0.1) is 33.8 Å². The molecule has 1 amide bonds. The molecule has 0 aromatic heterocycles. The SMILES string of the molecule is CC/C=C\C/C=C\C/C=C\C/C=C\C/C=C\C/C=C\CCCCCCC(=O)NC(COP(=O)(O)OCC[N+](C)(C)C)C(/C=C/CCCCCCCCCCCCC)OC(=O)CCCCCCCCCCCCC. The van der Waals surface area contributed by atoms with Crippen molar-refractivity contribution >= 4 is 19.7 Å². The molecular weight excluding hydrogens is 928 g/mol. The highest BCUT2D eigenvalue weighted by Gasteiger charge is 2.30. The van der Waals surface area contributed by atoms with E-state index in [0.717, 1.165) is 103 Å². The predicted molar refractivity (Wildman–Crippen MR) is 314 cm³/mol. The smallest absolute Gasteiger partial charge is 0.456 e.